The Morgan fingerprint density at radius 1 is 1.07 bits per heavy atom. The summed E-state index contributed by atoms with van der Waals surface area (Å²) in [5, 5.41) is 0. The van der Waals surface area contributed by atoms with E-state index in [0.29, 0.717) is 23.9 Å². The highest BCUT2D eigenvalue weighted by molar-refractivity contribution is 5.81. The fourth-order valence-electron chi connectivity index (χ4n) is 3.36. The minimum atomic E-state index is 0.479. The van der Waals surface area contributed by atoms with Gasteiger partial charge < -0.3 is 4.74 Å². The van der Waals surface area contributed by atoms with E-state index in [-0.39, 0.29) is 0 Å². The first kappa shape index (κ1) is 8.86. The Morgan fingerprint density at radius 3 is 2.36 bits per heavy atom. The summed E-state index contributed by atoms with van der Waals surface area (Å²) in [6.07, 6.45) is 5.22. The van der Waals surface area contributed by atoms with Crippen LogP contribution in [0, 0.1) is 0 Å². The molecule has 0 aromatic carbocycles. The van der Waals surface area contributed by atoms with Gasteiger partial charge in [-0.3, -0.25) is 9.69 Å². The molecule has 0 aromatic heterocycles. The van der Waals surface area contributed by atoms with Crippen molar-refractivity contribution in [3.8, 4) is 0 Å². The van der Waals surface area contributed by atoms with Crippen molar-refractivity contribution in [2.45, 2.75) is 50.2 Å². The highest BCUT2D eigenvalue weighted by atomic mass is 16.5. The molecule has 3 saturated heterocycles. The molecular weight excluding hydrogens is 178 g/mol. The van der Waals surface area contributed by atoms with Crippen molar-refractivity contribution in [3.05, 3.63) is 0 Å². The normalized spacial score (nSPS) is 43.4. The van der Waals surface area contributed by atoms with Crippen LogP contribution in [0.25, 0.3) is 0 Å². The summed E-state index contributed by atoms with van der Waals surface area (Å²) in [6.45, 7) is 1.80. The van der Waals surface area contributed by atoms with Crippen LogP contribution < -0.4 is 0 Å². The fraction of sp³-hybridized carbons (Fsp3) is 0.909. The van der Waals surface area contributed by atoms with Gasteiger partial charge in [0.05, 0.1) is 6.61 Å². The topological polar surface area (TPSA) is 29.5 Å². The van der Waals surface area contributed by atoms with Gasteiger partial charge in [0.15, 0.2) is 0 Å². The number of piperidine rings is 1. The molecule has 14 heavy (non-hydrogen) atoms. The number of ketones is 1. The van der Waals surface area contributed by atoms with E-state index in [2.05, 4.69) is 4.90 Å². The first-order valence-corrected chi connectivity index (χ1v) is 5.71. The standard InChI is InChI=1S/C11H17NO2/c13-11-5-8-1-2-9(6-11)12(8)10-3-4-14-7-10/h8-10H,1-7H2. The Labute approximate surface area is 84.4 Å². The fourth-order valence-corrected chi connectivity index (χ4v) is 3.36. The maximum atomic E-state index is 11.4. The number of carbonyl (C=O) groups excluding carboxylic acids is 1. The Hall–Kier alpha value is -0.410. The minimum Gasteiger partial charge on any atom is -0.380 e. The Balaban J connectivity index is 1.77. The molecule has 0 saturated carbocycles. The van der Waals surface area contributed by atoms with E-state index in [4.69, 9.17) is 4.74 Å². The zero-order valence-electron chi connectivity index (χ0n) is 8.45. The van der Waals surface area contributed by atoms with Crippen LogP contribution in [0.2, 0.25) is 0 Å². The van der Waals surface area contributed by atoms with Gasteiger partial charge in [-0.2, -0.15) is 0 Å². The monoisotopic (exact) mass is 195 g/mol. The van der Waals surface area contributed by atoms with Gasteiger partial charge in [0, 0.05) is 37.6 Å². The summed E-state index contributed by atoms with van der Waals surface area (Å²) in [4.78, 5) is 14.0. The molecule has 3 heteroatoms. The van der Waals surface area contributed by atoms with Gasteiger partial charge in [-0.25, -0.2) is 0 Å². The molecule has 0 spiro atoms. The van der Waals surface area contributed by atoms with Gasteiger partial charge in [-0.1, -0.05) is 0 Å². The maximum absolute atomic E-state index is 11.4. The second kappa shape index (κ2) is 3.31. The van der Waals surface area contributed by atoms with Gasteiger partial charge >= 0.3 is 0 Å². The zero-order chi connectivity index (χ0) is 9.54. The minimum absolute atomic E-state index is 0.479. The second-order valence-corrected chi connectivity index (χ2v) is 4.80. The summed E-state index contributed by atoms with van der Waals surface area (Å²) in [6, 6.07) is 1.71. The van der Waals surface area contributed by atoms with E-state index in [0.717, 1.165) is 26.1 Å². The molecule has 3 nitrogen and oxygen atoms in total. The first-order chi connectivity index (χ1) is 6.84. The Bertz CT molecular complexity index is 232. The quantitative estimate of drug-likeness (QED) is 0.624. The summed E-state index contributed by atoms with van der Waals surface area (Å²) >= 11 is 0. The van der Waals surface area contributed by atoms with Gasteiger partial charge in [0.25, 0.3) is 0 Å². The first-order valence-electron chi connectivity index (χ1n) is 5.71. The number of rotatable bonds is 1. The van der Waals surface area contributed by atoms with Crippen molar-refractivity contribution in [1.29, 1.82) is 0 Å². The number of hydrogen-bond donors (Lipinski definition) is 0. The number of fused-ring (bicyclic) bond motifs is 2. The maximum Gasteiger partial charge on any atom is 0.136 e. The SMILES string of the molecule is O=C1CC2CCC(C1)N2C1CCOC1. The third-order valence-electron chi connectivity index (χ3n) is 3.93. The number of Topliss-reactive ketones (excluding diaryl/α,β-unsaturated/α-hetero) is 1. The summed E-state index contributed by atoms with van der Waals surface area (Å²) in [5.74, 6) is 0.479. The number of hydrogen-bond acceptors (Lipinski definition) is 3. The van der Waals surface area contributed by atoms with Crippen LogP contribution in [0.4, 0.5) is 0 Å². The lowest BCUT2D eigenvalue weighted by Crippen LogP contribution is -2.49. The molecule has 3 rings (SSSR count). The average molecular weight is 195 g/mol. The van der Waals surface area contributed by atoms with Crippen LogP contribution in [-0.2, 0) is 9.53 Å². The average Bonchev–Trinajstić information content (AvgIpc) is 2.72. The van der Waals surface area contributed by atoms with Crippen molar-refractivity contribution in [2.24, 2.45) is 0 Å². The van der Waals surface area contributed by atoms with Gasteiger partial charge in [0.2, 0.25) is 0 Å². The van der Waals surface area contributed by atoms with E-state index in [1.807, 2.05) is 0 Å². The van der Waals surface area contributed by atoms with Crippen LogP contribution in [0.1, 0.15) is 32.1 Å². The Kier molecular flexibility index (Phi) is 2.10. The van der Waals surface area contributed by atoms with E-state index in [9.17, 15) is 4.79 Å². The van der Waals surface area contributed by atoms with E-state index >= 15 is 0 Å². The predicted octanol–water partition coefficient (Wildman–Crippen LogP) is 0.971. The highest BCUT2D eigenvalue weighted by Gasteiger charge is 2.44. The van der Waals surface area contributed by atoms with Gasteiger partial charge in [-0.05, 0) is 19.3 Å². The lowest BCUT2D eigenvalue weighted by molar-refractivity contribution is -0.124. The third kappa shape index (κ3) is 1.30. The van der Waals surface area contributed by atoms with Crippen molar-refractivity contribution < 1.29 is 9.53 Å². The molecule has 3 fully saturated rings. The third-order valence-corrected chi connectivity index (χ3v) is 3.93. The molecule has 0 aromatic rings. The lowest BCUT2D eigenvalue weighted by Gasteiger charge is -2.37. The number of carbonyl (C=O) groups is 1. The molecule has 0 N–H and O–H groups in total. The predicted molar refractivity (Wildman–Crippen MR) is 52.1 cm³/mol. The van der Waals surface area contributed by atoms with Gasteiger partial charge in [0.1, 0.15) is 5.78 Å². The Morgan fingerprint density at radius 2 is 1.79 bits per heavy atom. The largest absolute Gasteiger partial charge is 0.380 e. The summed E-state index contributed by atoms with van der Waals surface area (Å²) in [7, 11) is 0. The molecule has 0 amide bonds. The molecule has 3 aliphatic rings. The van der Waals surface area contributed by atoms with Crippen molar-refractivity contribution in [1.82, 2.24) is 4.90 Å². The molecular formula is C11H17NO2. The summed E-state index contributed by atoms with van der Waals surface area (Å²) < 4.78 is 5.43. The van der Waals surface area contributed by atoms with Crippen molar-refractivity contribution in [3.63, 3.8) is 0 Å². The molecule has 2 bridgehead atoms. The smallest absolute Gasteiger partial charge is 0.136 e. The molecule has 0 aliphatic carbocycles. The van der Waals surface area contributed by atoms with Crippen molar-refractivity contribution in [2.75, 3.05) is 13.2 Å². The van der Waals surface area contributed by atoms with Gasteiger partial charge in [-0.15, -0.1) is 0 Å². The van der Waals surface area contributed by atoms with E-state index < -0.39 is 0 Å². The van der Waals surface area contributed by atoms with E-state index in [1.54, 1.807) is 0 Å². The highest BCUT2D eigenvalue weighted by Crippen LogP contribution is 2.37. The van der Waals surface area contributed by atoms with Crippen LogP contribution in [-0.4, -0.2) is 42.0 Å². The second-order valence-electron chi connectivity index (χ2n) is 4.80. The van der Waals surface area contributed by atoms with E-state index in [1.165, 1.54) is 19.3 Å². The van der Waals surface area contributed by atoms with Crippen LogP contribution in [0.15, 0.2) is 0 Å². The van der Waals surface area contributed by atoms with Crippen LogP contribution in [0.5, 0.6) is 0 Å². The molecule has 3 heterocycles. The number of nitrogens with zero attached hydrogens (tertiary/aromatic N) is 1. The lowest BCUT2D eigenvalue weighted by atomic mass is 9.99. The zero-order valence-corrected chi connectivity index (χ0v) is 8.45. The summed E-state index contributed by atoms with van der Waals surface area (Å²) in [5.41, 5.74) is 0. The molecule has 0 radical (unpaired) electrons. The van der Waals surface area contributed by atoms with Crippen molar-refractivity contribution >= 4 is 5.78 Å². The molecule has 3 aliphatic heterocycles. The number of ether oxygens (including phenoxy) is 1. The van der Waals surface area contributed by atoms with Crippen LogP contribution >= 0.6 is 0 Å². The molecule has 3 unspecified atom stereocenters. The molecule has 78 valence electrons. The molecule has 3 atom stereocenters. The van der Waals surface area contributed by atoms with Crippen LogP contribution in [0.3, 0.4) is 0 Å².